The van der Waals surface area contributed by atoms with Crippen LogP contribution in [0.25, 0.3) is 21.8 Å². The number of rotatable bonds is 0. The topological polar surface area (TPSA) is 25.8 Å². The first-order valence-electron chi connectivity index (χ1n) is 4.53. The van der Waals surface area contributed by atoms with E-state index in [0.29, 0.717) is 0 Å². The summed E-state index contributed by atoms with van der Waals surface area (Å²) in [6.45, 7) is 0. The number of fused-ring (bicyclic) bond motifs is 3. The van der Waals surface area contributed by atoms with Crippen LogP contribution < -0.4 is 0 Å². The minimum atomic E-state index is 0. The summed E-state index contributed by atoms with van der Waals surface area (Å²) in [7, 11) is 0. The van der Waals surface area contributed by atoms with E-state index >= 15 is 0 Å². The zero-order valence-electron chi connectivity index (χ0n) is 8.22. The Morgan fingerprint density at radius 1 is 0.667 bits per heavy atom. The third-order valence-corrected chi connectivity index (χ3v) is 2.34. The fraction of sp³-hybridized carbons (Fsp3) is 0. The predicted molar refractivity (Wildman–Crippen MR) is 68.1 cm³/mol. The van der Waals surface area contributed by atoms with Crippen molar-refractivity contribution >= 4 is 31.7 Å². The zero-order chi connectivity index (χ0) is 9.38. The molecule has 3 aromatic rings. The lowest BCUT2D eigenvalue weighted by Gasteiger charge is -2.00. The summed E-state index contributed by atoms with van der Waals surface area (Å²) in [4.78, 5) is 8.69. The smallest absolute Gasteiger partial charge is 0.0964 e. The van der Waals surface area contributed by atoms with Crippen molar-refractivity contribution in [3.63, 3.8) is 0 Å². The highest BCUT2D eigenvalue weighted by Gasteiger charge is 2.00. The Morgan fingerprint density at radius 3 is 1.60 bits per heavy atom. The number of nitrogens with zero attached hydrogens (tertiary/aromatic N) is 2. The van der Waals surface area contributed by atoms with Crippen molar-refractivity contribution in [3.05, 3.63) is 48.8 Å². The molecule has 0 aliphatic carbocycles. The Hall–Kier alpha value is -1.53. The average molecular weight is 214 g/mol. The monoisotopic (exact) mass is 214 g/mol. The van der Waals surface area contributed by atoms with Gasteiger partial charge in [0.1, 0.15) is 0 Å². The first-order valence-corrected chi connectivity index (χ1v) is 4.53. The second-order valence-electron chi connectivity index (χ2n) is 3.22. The average Bonchev–Trinajstić information content (AvgIpc) is 2.29. The molecule has 2 nitrogen and oxygen atoms in total. The van der Waals surface area contributed by atoms with Crippen molar-refractivity contribution in [1.29, 1.82) is 0 Å². The van der Waals surface area contributed by atoms with Gasteiger partial charge in [0, 0.05) is 23.2 Å². The number of pyridine rings is 2. The SMILES string of the molecule is P.c1cnc2c(c1)ccc1cccnc12. The van der Waals surface area contributed by atoms with Gasteiger partial charge in [0.25, 0.3) is 0 Å². The molecule has 1 atom stereocenters. The summed E-state index contributed by atoms with van der Waals surface area (Å²) in [5.74, 6) is 0. The fourth-order valence-corrected chi connectivity index (χ4v) is 1.68. The van der Waals surface area contributed by atoms with Gasteiger partial charge in [-0.2, -0.15) is 9.90 Å². The van der Waals surface area contributed by atoms with E-state index in [0.717, 1.165) is 21.8 Å². The summed E-state index contributed by atoms with van der Waals surface area (Å²) in [5.41, 5.74) is 1.95. The van der Waals surface area contributed by atoms with Crippen LogP contribution in [0.1, 0.15) is 0 Å². The first kappa shape index (κ1) is 10.0. The molecule has 0 bridgehead atoms. The highest BCUT2D eigenvalue weighted by Crippen LogP contribution is 2.20. The molecule has 15 heavy (non-hydrogen) atoms. The van der Waals surface area contributed by atoms with Gasteiger partial charge in [-0.1, -0.05) is 24.3 Å². The molecule has 2 heterocycles. The van der Waals surface area contributed by atoms with Gasteiger partial charge in [0.15, 0.2) is 0 Å². The van der Waals surface area contributed by atoms with E-state index in [9.17, 15) is 0 Å². The second kappa shape index (κ2) is 3.92. The van der Waals surface area contributed by atoms with Gasteiger partial charge in [-0.05, 0) is 12.1 Å². The van der Waals surface area contributed by atoms with Gasteiger partial charge in [-0.25, -0.2) is 0 Å². The largest absolute Gasteiger partial charge is 0.254 e. The lowest BCUT2D eigenvalue weighted by molar-refractivity contribution is 1.37. The maximum Gasteiger partial charge on any atom is 0.0964 e. The molecule has 0 aliphatic rings. The quantitative estimate of drug-likeness (QED) is 0.424. The van der Waals surface area contributed by atoms with Gasteiger partial charge in [0.2, 0.25) is 0 Å². The van der Waals surface area contributed by atoms with Crippen LogP contribution in [0, 0.1) is 0 Å². The van der Waals surface area contributed by atoms with Gasteiger partial charge in [-0.15, -0.1) is 0 Å². The van der Waals surface area contributed by atoms with Crippen LogP contribution in [0.3, 0.4) is 0 Å². The van der Waals surface area contributed by atoms with Crippen LogP contribution in [0.5, 0.6) is 0 Å². The van der Waals surface area contributed by atoms with Gasteiger partial charge < -0.3 is 0 Å². The molecule has 74 valence electrons. The minimum absolute atomic E-state index is 0. The van der Waals surface area contributed by atoms with Crippen LogP contribution in [0.15, 0.2) is 48.8 Å². The lowest BCUT2D eigenvalue weighted by atomic mass is 10.1. The van der Waals surface area contributed by atoms with Crippen LogP contribution >= 0.6 is 9.90 Å². The third-order valence-electron chi connectivity index (χ3n) is 2.34. The van der Waals surface area contributed by atoms with Crippen molar-refractivity contribution in [2.45, 2.75) is 0 Å². The number of benzene rings is 1. The summed E-state index contributed by atoms with van der Waals surface area (Å²) < 4.78 is 0. The molecule has 0 spiro atoms. The molecular formula is C12H11N2P. The first-order chi connectivity index (χ1) is 6.95. The maximum atomic E-state index is 4.35. The molecule has 3 rings (SSSR count). The van der Waals surface area contributed by atoms with E-state index in [2.05, 4.69) is 34.2 Å². The molecule has 0 aliphatic heterocycles. The van der Waals surface area contributed by atoms with Crippen molar-refractivity contribution in [1.82, 2.24) is 9.97 Å². The molecule has 0 saturated heterocycles. The molecule has 0 saturated carbocycles. The second-order valence-corrected chi connectivity index (χ2v) is 3.22. The number of hydrogen-bond acceptors (Lipinski definition) is 2. The molecule has 0 fully saturated rings. The molecular weight excluding hydrogens is 203 g/mol. The normalized spacial score (nSPS) is 10.1. The Bertz CT molecular complexity index is 553. The summed E-state index contributed by atoms with van der Waals surface area (Å²) in [5, 5.41) is 2.28. The van der Waals surface area contributed by atoms with Crippen LogP contribution in [-0.2, 0) is 0 Å². The Kier molecular flexibility index (Phi) is 2.61. The van der Waals surface area contributed by atoms with Gasteiger partial charge >= 0.3 is 0 Å². The molecule has 3 heteroatoms. The van der Waals surface area contributed by atoms with Crippen molar-refractivity contribution in [2.75, 3.05) is 0 Å². The zero-order valence-corrected chi connectivity index (χ0v) is 9.63. The van der Waals surface area contributed by atoms with Crippen LogP contribution in [0.2, 0.25) is 0 Å². The summed E-state index contributed by atoms with van der Waals surface area (Å²) >= 11 is 0. The van der Waals surface area contributed by atoms with Crippen LogP contribution in [0.4, 0.5) is 0 Å². The van der Waals surface area contributed by atoms with E-state index in [1.165, 1.54) is 0 Å². The third kappa shape index (κ3) is 1.57. The molecule has 0 N–H and O–H groups in total. The van der Waals surface area contributed by atoms with E-state index in [1.54, 1.807) is 12.4 Å². The van der Waals surface area contributed by atoms with Gasteiger partial charge in [0.05, 0.1) is 11.0 Å². The minimum Gasteiger partial charge on any atom is -0.254 e. The summed E-state index contributed by atoms with van der Waals surface area (Å²) in [6.07, 6.45) is 3.60. The fourth-order valence-electron chi connectivity index (χ4n) is 1.68. The predicted octanol–water partition coefficient (Wildman–Crippen LogP) is 2.84. The highest BCUT2D eigenvalue weighted by molar-refractivity contribution is 6.92. The standard InChI is InChI=1S/C12H8N2.H3P/c1-3-9-5-6-10-4-2-8-14-12(10)11(9)13-7-1;/h1-8H;1H3. The summed E-state index contributed by atoms with van der Waals surface area (Å²) in [6, 6.07) is 12.1. The lowest BCUT2D eigenvalue weighted by Crippen LogP contribution is -1.83. The van der Waals surface area contributed by atoms with Crippen LogP contribution in [-0.4, -0.2) is 9.97 Å². The highest BCUT2D eigenvalue weighted by atomic mass is 31.0. The molecule has 0 amide bonds. The van der Waals surface area contributed by atoms with E-state index in [4.69, 9.17) is 0 Å². The Labute approximate surface area is 91.0 Å². The number of hydrogen-bond donors (Lipinski definition) is 0. The van der Waals surface area contributed by atoms with E-state index in [1.807, 2.05) is 12.1 Å². The molecule has 0 radical (unpaired) electrons. The maximum absolute atomic E-state index is 4.35. The van der Waals surface area contributed by atoms with Gasteiger partial charge in [-0.3, -0.25) is 9.97 Å². The van der Waals surface area contributed by atoms with E-state index < -0.39 is 0 Å². The Morgan fingerprint density at radius 2 is 1.13 bits per heavy atom. The van der Waals surface area contributed by atoms with Crippen molar-refractivity contribution in [3.8, 4) is 0 Å². The molecule has 1 unspecified atom stereocenters. The Balaban J connectivity index is 0.000000853. The van der Waals surface area contributed by atoms with Crippen molar-refractivity contribution in [2.24, 2.45) is 0 Å². The molecule has 1 aromatic carbocycles. The van der Waals surface area contributed by atoms with Crippen molar-refractivity contribution < 1.29 is 0 Å². The molecule has 2 aromatic heterocycles. The number of aromatic nitrogens is 2. The van der Waals surface area contributed by atoms with E-state index in [-0.39, 0.29) is 9.90 Å².